The Labute approximate surface area is 158 Å². The molecule has 0 radical (unpaired) electrons. The van der Waals surface area contributed by atoms with E-state index in [0.717, 1.165) is 36.5 Å². The average molecular weight is 361 g/mol. The molecule has 138 valence electrons. The number of hydrogen-bond acceptors (Lipinski definition) is 4. The Balaban J connectivity index is 1.40. The van der Waals surface area contributed by atoms with E-state index in [0.29, 0.717) is 12.2 Å². The Morgan fingerprint density at radius 1 is 1.07 bits per heavy atom. The summed E-state index contributed by atoms with van der Waals surface area (Å²) >= 11 is 0. The van der Waals surface area contributed by atoms with Crippen LogP contribution in [0.2, 0.25) is 0 Å². The second-order valence-electron chi connectivity index (χ2n) is 7.46. The maximum Gasteiger partial charge on any atom is 0.274 e. The number of amides is 1. The van der Waals surface area contributed by atoms with Gasteiger partial charge in [0, 0.05) is 36.2 Å². The van der Waals surface area contributed by atoms with Gasteiger partial charge in [-0.1, -0.05) is 18.2 Å². The van der Waals surface area contributed by atoms with Crippen molar-refractivity contribution >= 4 is 22.6 Å². The van der Waals surface area contributed by atoms with Crippen molar-refractivity contribution in [3.05, 3.63) is 53.3 Å². The summed E-state index contributed by atoms with van der Waals surface area (Å²) in [4.78, 5) is 20.7. The molecule has 0 saturated carbocycles. The SMILES string of the molecule is C[C@H]1c2[nH]c3ccccc3c2CCN1C(=O)c1ccc(N2CCCC2)nn1. The van der Waals surface area contributed by atoms with Crippen molar-refractivity contribution in [2.75, 3.05) is 24.5 Å². The number of aromatic amines is 1. The van der Waals surface area contributed by atoms with Gasteiger partial charge in [-0.05, 0) is 49.9 Å². The van der Waals surface area contributed by atoms with E-state index in [2.05, 4.69) is 45.2 Å². The minimum absolute atomic E-state index is 0.00583. The van der Waals surface area contributed by atoms with Gasteiger partial charge in [-0.2, -0.15) is 0 Å². The van der Waals surface area contributed by atoms with Crippen molar-refractivity contribution in [2.45, 2.75) is 32.2 Å². The number of nitrogens with one attached hydrogen (secondary N) is 1. The van der Waals surface area contributed by atoms with Crippen LogP contribution in [0.15, 0.2) is 36.4 Å². The number of carbonyl (C=O) groups is 1. The van der Waals surface area contributed by atoms with Crippen molar-refractivity contribution in [3.8, 4) is 0 Å². The van der Waals surface area contributed by atoms with Crippen LogP contribution in [0.5, 0.6) is 0 Å². The number of anilines is 1. The molecule has 0 unspecified atom stereocenters. The second-order valence-corrected chi connectivity index (χ2v) is 7.46. The second kappa shape index (κ2) is 6.37. The highest BCUT2D eigenvalue weighted by atomic mass is 16.2. The molecule has 0 spiro atoms. The zero-order valence-electron chi connectivity index (χ0n) is 15.5. The highest BCUT2D eigenvalue weighted by Crippen LogP contribution is 2.34. The Morgan fingerprint density at radius 2 is 1.89 bits per heavy atom. The fourth-order valence-corrected chi connectivity index (χ4v) is 4.41. The molecule has 6 nitrogen and oxygen atoms in total. The molecule has 6 heteroatoms. The third-order valence-electron chi connectivity index (χ3n) is 5.90. The number of para-hydroxylation sites is 1. The third-order valence-corrected chi connectivity index (χ3v) is 5.90. The van der Waals surface area contributed by atoms with E-state index in [4.69, 9.17) is 0 Å². The van der Waals surface area contributed by atoms with Crippen LogP contribution in [-0.2, 0) is 6.42 Å². The van der Waals surface area contributed by atoms with E-state index < -0.39 is 0 Å². The topological polar surface area (TPSA) is 65.1 Å². The molecule has 1 saturated heterocycles. The number of benzene rings is 1. The molecular formula is C21H23N5O. The van der Waals surface area contributed by atoms with Gasteiger partial charge < -0.3 is 14.8 Å². The molecule has 3 aromatic rings. The van der Waals surface area contributed by atoms with Crippen molar-refractivity contribution in [1.82, 2.24) is 20.1 Å². The molecule has 0 bridgehead atoms. The average Bonchev–Trinajstić information content (AvgIpc) is 3.36. The maximum atomic E-state index is 13.1. The lowest BCUT2D eigenvalue weighted by molar-refractivity contribution is 0.0667. The molecule has 27 heavy (non-hydrogen) atoms. The van der Waals surface area contributed by atoms with Crippen LogP contribution in [0.1, 0.15) is 47.6 Å². The van der Waals surface area contributed by atoms with Gasteiger partial charge in [0.25, 0.3) is 5.91 Å². The lowest BCUT2D eigenvalue weighted by Gasteiger charge is -2.33. The Kier molecular flexibility index (Phi) is 3.85. The van der Waals surface area contributed by atoms with Gasteiger partial charge in [-0.15, -0.1) is 10.2 Å². The molecule has 0 aliphatic carbocycles. The smallest absolute Gasteiger partial charge is 0.274 e. The summed E-state index contributed by atoms with van der Waals surface area (Å²) in [5.41, 5.74) is 4.03. The summed E-state index contributed by atoms with van der Waals surface area (Å²) in [6, 6.07) is 12.1. The third kappa shape index (κ3) is 2.67. The van der Waals surface area contributed by atoms with Crippen LogP contribution >= 0.6 is 0 Å². The maximum absolute atomic E-state index is 13.1. The van der Waals surface area contributed by atoms with E-state index in [1.54, 1.807) is 0 Å². The molecule has 4 heterocycles. The van der Waals surface area contributed by atoms with E-state index in [9.17, 15) is 4.79 Å². The van der Waals surface area contributed by atoms with Gasteiger partial charge >= 0.3 is 0 Å². The van der Waals surface area contributed by atoms with E-state index in [1.165, 1.54) is 23.8 Å². The van der Waals surface area contributed by atoms with Gasteiger partial charge in [0.05, 0.1) is 6.04 Å². The van der Waals surface area contributed by atoms with Crippen LogP contribution in [0.3, 0.4) is 0 Å². The van der Waals surface area contributed by atoms with E-state index in [1.807, 2.05) is 23.1 Å². The van der Waals surface area contributed by atoms with Crippen LogP contribution < -0.4 is 4.90 Å². The highest BCUT2D eigenvalue weighted by Gasteiger charge is 2.31. The molecular weight excluding hydrogens is 338 g/mol. The first-order valence-corrected chi connectivity index (χ1v) is 9.71. The Morgan fingerprint density at radius 3 is 2.67 bits per heavy atom. The number of nitrogens with zero attached hydrogens (tertiary/aromatic N) is 4. The number of H-pyrrole nitrogens is 1. The first-order valence-electron chi connectivity index (χ1n) is 9.71. The van der Waals surface area contributed by atoms with E-state index in [-0.39, 0.29) is 11.9 Å². The predicted molar refractivity (Wildman–Crippen MR) is 105 cm³/mol. The highest BCUT2D eigenvalue weighted by molar-refractivity contribution is 5.93. The van der Waals surface area contributed by atoms with Gasteiger partial charge in [0.15, 0.2) is 11.5 Å². The summed E-state index contributed by atoms with van der Waals surface area (Å²) in [5.74, 6) is 0.820. The monoisotopic (exact) mass is 361 g/mol. The fraction of sp³-hybridized carbons (Fsp3) is 0.381. The summed E-state index contributed by atoms with van der Waals surface area (Å²) in [7, 11) is 0. The van der Waals surface area contributed by atoms with Crippen LogP contribution in [0.4, 0.5) is 5.82 Å². The molecule has 1 N–H and O–H groups in total. The van der Waals surface area contributed by atoms with Gasteiger partial charge in [-0.3, -0.25) is 4.79 Å². The zero-order chi connectivity index (χ0) is 18.4. The number of aromatic nitrogens is 3. The molecule has 1 fully saturated rings. The van der Waals surface area contributed by atoms with Gasteiger partial charge in [0.2, 0.25) is 0 Å². The Hall–Kier alpha value is -2.89. The molecule has 2 aromatic heterocycles. The summed E-state index contributed by atoms with van der Waals surface area (Å²) in [6.07, 6.45) is 3.25. The summed E-state index contributed by atoms with van der Waals surface area (Å²) < 4.78 is 0. The molecule has 1 aromatic carbocycles. The van der Waals surface area contributed by atoms with Crippen LogP contribution in [0, 0.1) is 0 Å². The Bertz CT molecular complexity index is 987. The first kappa shape index (κ1) is 16.3. The number of fused-ring (bicyclic) bond motifs is 3. The number of carbonyl (C=O) groups excluding carboxylic acids is 1. The lowest BCUT2D eigenvalue weighted by atomic mass is 9.98. The van der Waals surface area contributed by atoms with Gasteiger partial charge in [0.1, 0.15) is 0 Å². The number of hydrogen-bond donors (Lipinski definition) is 1. The zero-order valence-corrected chi connectivity index (χ0v) is 15.5. The minimum atomic E-state index is -0.0488. The van der Waals surface area contributed by atoms with Crippen LogP contribution in [0.25, 0.3) is 10.9 Å². The quantitative estimate of drug-likeness (QED) is 0.760. The van der Waals surface area contributed by atoms with Crippen molar-refractivity contribution in [3.63, 3.8) is 0 Å². The summed E-state index contributed by atoms with van der Waals surface area (Å²) in [5, 5.41) is 9.80. The lowest BCUT2D eigenvalue weighted by Crippen LogP contribution is -2.39. The first-order chi connectivity index (χ1) is 13.2. The minimum Gasteiger partial charge on any atom is -0.356 e. The largest absolute Gasteiger partial charge is 0.356 e. The van der Waals surface area contributed by atoms with E-state index >= 15 is 0 Å². The standard InChI is InChI=1S/C21H23N5O/c1-14-20-16(15-6-2-3-7-17(15)22-20)10-13-26(14)21(27)18-8-9-19(24-23-18)25-11-4-5-12-25/h2-3,6-9,14,22H,4-5,10-13H2,1H3/t14-/m0/s1. The number of rotatable bonds is 2. The fourth-order valence-electron chi connectivity index (χ4n) is 4.41. The normalized spacial score (nSPS) is 19.5. The van der Waals surface area contributed by atoms with Crippen LogP contribution in [-0.4, -0.2) is 45.6 Å². The van der Waals surface area contributed by atoms with Crippen molar-refractivity contribution < 1.29 is 4.79 Å². The predicted octanol–water partition coefficient (Wildman–Crippen LogP) is 3.32. The molecule has 5 rings (SSSR count). The molecule has 1 amide bonds. The molecule has 2 aliphatic rings. The molecule has 1 atom stereocenters. The van der Waals surface area contributed by atoms with Crippen molar-refractivity contribution in [2.24, 2.45) is 0 Å². The van der Waals surface area contributed by atoms with Gasteiger partial charge in [-0.25, -0.2) is 0 Å². The molecule has 2 aliphatic heterocycles. The summed E-state index contributed by atoms with van der Waals surface area (Å²) in [6.45, 7) is 4.82. The van der Waals surface area contributed by atoms with Crippen molar-refractivity contribution in [1.29, 1.82) is 0 Å².